The fourth-order valence-electron chi connectivity index (χ4n) is 3.03. The minimum Gasteiger partial charge on any atom is -0.308 e. The predicted octanol–water partition coefficient (Wildman–Crippen LogP) is 2.64. The molecule has 0 unspecified atom stereocenters. The molecule has 25 heavy (non-hydrogen) atoms. The van der Waals surface area contributed by atoms with Crippen LogP contribution in [0, 0.1) is 0 Å². The van der Waals surface area contributed by atoms with Crippen LogP contribution in [0.3, 0.4) is 0 Å². The van der Waals surface area contributed by atoms with Crippen LogP contribution in [-0.4, -0.2) is 32.9 Å². The third-order valence-corrected chi connectivity index (χ3v) is 5.11. The lowest BCUT2D eigenvalue weighted by molar-refractivity contribution is 0.0987. The summed E-state index contributed by atoms with van der Waals surface area (Å²) in [6.45, 7) is 2.10. The molecule has 0 saturated carbocycles. The van der Waals surface area contributed by atoms with E-state index < -0.39 is 9.84 Å². The average molecular weight is 357 g/mol. The van der Waals surface area contributed by atoms with Crippen molar-refractivity contribution in [2.45, 2.75) is 19.1 Å². The third kappa shape index (κ3) is 3.79. The molecule has 0 spiro atoms. The first-order chi connectivity index (χ1) is 11.7. The molecule has 2 aromatic rings. The molecule has 0 aliphatic carbocycles. The highest BCUT2D eigenvalue weighted by atomic mass is 32.2. The summed E-state index contributed by atoms with van der Waals surface area (Å²) in [4.78, 5) is 26.0. The molecule has 0 saturated heterocycles. The standard InChI is InChI=1S/C19H19NO4S/c1-13(21)16-7-8-18-17(11-16)9-10-20(18)19(22)15-5-3-14(4-6-15)12-25(2,23)24/h3-8,11H,9-10,12H2,1-2H3. The highest BCUT2D eigenvalue weighted by Crippen LogP contribution is 2.30. The van der Waals surface area contributed by atoms with Crippen molar-refractivity contribution in [3.63, 3.8) is 0 Å². The van der Waals surface area contributed by atoms with Crippen LogP contribution in [0.5, 0.6) is 0 Å². The van der Waals surface area contributed by atoms with Crippen molar-refractivity contribution in [3.05, 3.63) is 64.7 Å². The SMILES string of the molecule is CC(=O)c1ccc2c(c1)CCN2C(=O)c1ccc(CS(C)(=O)=O)cc1. The second kappa shape index (κ2) is 6.44. The Kier molecular flexibility index (Phi) is 4.47. The van der Waals surface area contributed by atoms with E-state index in [4.69, 9.17) is 0 Å². The van der Waals surface area contributed by atoms with Gasteiger partial charge in [-0.3, -0.25) is 9.59 Å². The molecule has 0 N–H and O–H groups in total. The first-order valence-electron chi connectivity index (χ1n) is 7.97. The van der Waals surface area contributed by atoms with Crippen LogP contribution in [0.2, 0.25) is 0 Å². The van der Waals surface area contributed by atoms with E-state index in [2.05, 4.69) is 0 Å². The van der Waals surface area contributed by atoms with Gasteiger partial charge in [-0.05, 0) is 54.8 Å². The molecule has 6 heteroatoms. The number of carbonyl (C=O) groups is 2. The Morgan fingerprint density at radius 3 is 2.28 bits per heavy atom. The van der Waals surface area contributed by atoms with E-state index in [1.807, 2.05) is 12.1 Å². The first kappa shape index (κ1) is 17.4. The maximum Gasteiger partial charge on any atom is 0.258 e. The zero-order valence-corrected chi connectivity index (χ0v) is 15.0. The van der Waals surface area contributed by atoms with Crippen LogP contribution < -0.4 is 4.90 Å². The van der Waals surface area contributed by atoms with E-state index in [1.165, 1.54) is 13.2 Å². The summed E-state index contributed by atoms with van der Waals surface area (Å²) in [7, 11) is -3.10. The minimum absolute atomic E-state index is 0.00837. The second-order valence-electron chi connectivity index (χ2n) is 6.37. The van der Waals surface area contributed by atoms with Crippen LogP contribution in [0.15, 0.2) is 42.5 Å². The van der Waals surface area contributed by atoms with Gasteiger partial charge in [-0.2, -0.15) is 0 Å². The lowest BCUT2D eigenvalue weighted by Crippen LogP contribution is -2.28. The van der Waals surface area contributed by atoms with Crippen LogP contribution in [0.4, 0.5) is 5.69 Å². The Bertz CT molecular complexity index is 946. The van der Waals surface area contributed by atoms with Crippen molar-refractivity contribution in [3.8, 4) is 0 Å². The topological polar surface area (TPSA) is 71.5 Å². The zero-order chi connectivity index (χ0) is 18.2. The molecule has 5 nitrogen and oxygen atoms in total. The average Bonchev–Trinajstić information content (AvgIpc) is 2.96. The summed E-state index contributed by atoms with van der Waals surface area (Å²) in [6.07, 6.45) is 1.90. The van der Waals surface area contributed by atoms with Crippen LogP contribution in [0.1, 0.15) is 38.8 Å². The second-order valence-corrected chi connectivity index (χ2v) is 8.51. The molecule has 0 fully saturated rings. The number of rotatable bonds is 4. The number of benzene rings is 2. The Morgan fingerprint density at radius 1 is 1.04 bits per heavy atom. The van der Waals surface area contributed by atoms with Crippen LogP contribution in [-0.2, 0) is 22.0 Å². The van der Waals surface area contributed by atoms with Crippen LogP contribution >= 0.6 is 0 Å². The summed E-state index contributed by atoms with van der Waals surface area (Å²) >= 11 is 0. The fourth-order valence-corrected chi connectivity index (χ4v) is 3.83. The van der Waals surface area contributed by atoms with Gasteiger partial charge in [-0.15, -0.1) is 0 Å². The molecule has 1 aliphatic rings. The number of nitrogens with zero attached hydrogens (tertiary/aromatic N) is 1. The molecule has 1 amide bonds. The summed E-state index contributed by atoms with van der Waals surface area (Å²) in [6, 6.07) is 12.1. The fraction of sp³-hybridized carbons (Fsp3) is 0.263. The number of carbonyl (C=O) groups excluding carboxylic acids is 2. The number of hydrogen-bond donors (Lipinski definition) is 0. The molecule has 1 heterocycles. The maximum atomic E-state index is 12.8. The molecule has 0 atom stereocenters. The van der Waals surface area contributed by atoms with Crippen molar-refractivity contribution >= 4 is 27.2 Å². The molecule has 0 aromatic heterocycles. The van der Waals surface area contributed by atoms with Gasteiger partial charge >= 0.3 is 0 Å². The number of anilines is 1. The lowest BCUT2D eigenvalue weighted by atomic mass is 10.1. The number of fused-ring (bicyclic) bond motifs is 1. The number of hydrogen-bond acceptors (Lipinski definition) is 4. The van der Waals surface area contributed by atoms with Gasteiger partial charge in [0.1, 0.15) is 0 Å². The Morgan fingerprint density at radius 2 is 1.68 bits per heavy atom. The summed E-state index contributed by atoms with van der Waals surface area (Å²) < 4.78 is 22.7. The van der Waals surface area contributed by atoms with E-state index >= 15 is 0 Å². The van der Waals surface area contributed by atoms with Crippen molar-refractivity contribution in [2.75, 3.05) is 17.7 Å². The summed E-state index contributed by atoms with van der Waals surface area (Å²) in [5.41, 5.74) is 3.65. The first-order valence-corrected chi connectivity index (χ1v) is 10.0. The van der Waals surface area contributed by atoms with Gasteiger partial charge in [-0.1, -0.05) is 12.1 Å². The molecule has 3 rings (SSSR count). The van der Waals surface area contributed by atoms with Gasteiger partial charge in [0.05, 0.1) is 5.75 Å². The monoisotopic (exact) mass is 357 g/mol. The zero-order valence-electron chi connectivity index (χ0n) is 14.2. The summed E-state index contributed by atoms with van der Waals surface area (Å²) in [5.74, 6) is -0.156. The van der Waals surface area contributed by atoms with Crippen molar-refractivity contribution in [1.29, 1.82) is 0 Å². The van der Waals surface area contributed by atoms with Gasteiger partial charge in [0.2, 0.25) is 0 Å². The van der Waals surface area contributed by atoms with Gasteiger partial charge in [0.15, 0.2) is 15.6 Å². The van der Waals surface area contributed by atoms with E-state index in [9.17, 15) is 18.0 Å². The van der Waals surface area contributed by atoms with E-state index in [-0.39, 0.29) is 17.4 Å². The smallest absolute Gasteiger partial charge is 0.258 e. The molecule has 0 radical (unpaired) electrons. The normalized spacial score (nSPS) is 13.6. The number of amides is 1. The number of Topliss-reactive ketones (excluding diaryl/α,β-unsaturated/α-hetero) is 1. The Balaban J connectivity index is 1.82. The Labute approximate surface area is 147 Å². The molecular weight excluding hydrogens is 338 g/mol. The third-order valence-electron chi connectivity index (χ3n) is 4.26. The van der Waals surface area contributed by atoms with Crippen LogP contribution in [0.25, 0.3) is 0 Å². The van der Waals surface area contributed by atoms with Crippen molar-refractivity contribution < 1.29 is 18.0 Å². The Hall–Kier alpha value is -2.47. The molecular formula is C19H19NO4S. The molecule has 2 aromatic carbocycles. The molecule has 1 aliphatic heterocycles. The summed E-state index contributed by atoms with van der Waals surface area (Å²) in [5, 5.41) is 0. The van der Waals surface area contributed by atoms with Gasteiger partial charge in [0, 0.05) is 29.6 Å². The lowest BCUT2D eigenvalue weighted by Gasteiger charge is -2.17. The number of sulfone groups is 1. The highest BCUT2D eigenvalue weighted by molar-refractivity contribution is 7.89. The highest BCUT2D eigenvalue weighted by Gasteiger charge is 2.26. The largest absolute Gasteiger partial charge is 0.308 e. The van der Waals surface area contributed by atoms with Gasteiger partial charge in [-0.25, -0.2) is 8.42 Å². The van der Waals surface area contributed by atoms with Gasteiger partial charge in [0.25, 0.3) is 5.91 Å². The van der Waals surface area contributed by atoms with Crippen molar-refractivity contribution in [2.24, 2.45) is 0 Å². The minimum atomic E-state index is -3.10. The quantitative estimate of drug-likeness (QED) is 0.789. The number of ketones is 1. The molecule has 0 bridgehead atoms. The predicted molar refractivity (Wildman–Crippen MR) is 96.8 cm³/mol. The van der Waals surface area contributed by atoms with E-state index in [0.717, 1.165) is 11.3 Å². The maximum absolute atomic E-state index is 12.8. The van der Waals surface area contributed by atoms with Gasteiger partial charge < -0.3 is 4.90 Å². The van der Waals surface area contributed by atoms with E-state index in [0.29, 0.717) is 29.7 Å². The van der Waals surface area contributed by atoms with Crippen molar-refractivity contribution in [1.82, 2.24) is 0 Å². The van der Waals surface area contributed by atoms with E-state index in [1.54, 1.807) is 35.2 Å². The molecule has 130 valence electrons.